The van der Waals surface area contributed by atoms with Gasteiger partial charge < -0.3 is 14.5 Å². The number of pyridine rings is 1. The van der Waals surface area contributed by atoms with E-state index in [0.29, 0.717) is 23.7 Å². The molecule has 1 aliphatic rings. The lowest BCUT2D eigenvalue weighted by molar-refractivity contribution is 0.483. The first-order valence-electron chi connectivity index (χ1n) is 25.0. The highest BCUT2D eigenvalue weighted by atomic mass is 16.5. The van der Waals surface area contributed by atoms with E-state index in [0.717, 1.165) is 61.5 Å². The summed E-state index contributed by atoms with van der Waals surface area (Å²) in [6.45, 7) is 20.3. The normalized spacial score (nSPS) is 14.3. The van der Waals surface area contributed by atoms with Crippen LogP contribution in [0.5, 0.6) is 11.5 Å². The number of aromatic nitrogens is 2. The average molecular weight is 856 g/mol. The van der Waals surface area contributed by atoms with Crippen molar-refractivity contribution in [2.45, 2.75) is 78.6 Å². The third kappa shape index (κ3) is 7.84. The Balaban J connectivity index is 1.10. The van der Waals surface area contributed by atoms with Crippen LogP contribution >= 0.6 is 0 Å². The van der Waals surface area contributed by atoms with E-state index in [1.165, 1.54) is 16.7 Å². The van der Waals surface area contributed by atoms with Crippen LogP contribution in [0, 0.1) is 0 Å². The molecule has 0 aliphatic carbocycles. The first kappa shape index (κ1) is 36.3. The summed E-state index contributed by atoms with van der Waals surface area (Å²) < 4.78 is 53.4. The molecule has 0 saturated carbocycles. The molecule has 0 atom stereocenters. The van der Waals surface area contributed by atoms with Gasteiger partial charge in [-0.15, -0.1) is 0 Å². The van der Waals surface area contributed by atoms with Gasteiger partial charge in [0.2, 0.25) is 0 Å². The summed E-state index contributed by atoms with van der Waals surface area (Å²) in [4.78, 5) is 9.34. The number of nitrogens with zero attached hydrogens (tertiary/aromatic N) is 4. The van der Waals surface area contributed by atoms with Crippen LogP contribution in [0.1, 0.15) is 85.9 Å². The Kier molecular flexibility index (Phi) is 8.84. The Morgan fingerprint density at radius 1 is 0.508 bits per heavy atom. The number of hydrogen-bond acceptors (Lipinski definition) is 4. The molecular formula is C60H58N4O. The zero-order valence-corrected chi connectivity index (χ0v) is 38.8. The highest BCUT2D eigenvalue weighted by Gasteiger charge is 2.32. The van der Waals surface area contributed by atoms with Gasteiger partial charge in [0.15, 0.2) is 0 Å². The van der Waals surface area contributed by atoms with Crippen molar-refractivity contribution in [1.82, 2.24) is 9.55 Å². The van der Waals surface area contributed by atoms with Crippen molar-refractivity contribution in [1.29, 1.82) is 0 Å². The van der Waals surface area contributed by atoms with Gasteiger partial charge in [0, 0.05) is 45.9 Å². The van der Waals surface area contributed by atoms with Crippen LogP contribution in [0.3, 0.4) is 0 Å². The first-order chi connectivity index (χ1) is 33.2. The molecule has 0 fully saturated rings. The summed E-state index contributed by atoms with van der Waals surface area (Å²) in [5.74, 6) is 2.20. The van der Waals surface area contributed by atoms with Crippen molar-refractivity contribution >= 4 is 44.6 Å². The summed E-state index contributed by atoms with van der Waals surface area (Å²) in [5, 5.41) is 2.25. The molecule has 0 spiro atoms. The van der Waals surface area contributed by atoms with Crippen molar-refractivity contribution in [2.24, 2.45) is 0 Å². The molecule has 0 N–H and O–H groups in total. The second-order valence-corrected chi connectivity index (χ2v) is 20.3. The number of fused-ring (bicyclic) bond motifs is 4. The lowest BCUT2D eigenvalue weighted by Crippen LogP contribution is -2.25. The molecule has 10 rings (SSSR count). The van der Waals surface area contributed by atoms with E-state index in [-0.39, 0.29) is 46.0 Å². The van der Waals surface area contributed by atoms with E-state index in [9.17, 15) is 2.74 Å². The van der Waals surface area contributed by atoms with Crippen LogP contribution in [0.25, 0.3) is 49.9 Å². The second kappa shape index (κ2) is 15.8. The van der Waals surface area contributed by atoms with Gasteiger partial charge in [-0.1, -0.05) is 165 Å². The molecule has 7 aromatic carbocycles. The molecule has 0 bridgehead atoms. The maximum absolute atomic E-state index is 9.22. The maximum Gasteiger partial charge on any atom is 0.137 e. The lowest BCUT2D eigenvalue weighted by atomic mass is 9.78. The van der Waals surface area contributed by atoms with Crippen LogP contribution in [0.2, 0.25) is 0 Å². The van der Waals surface area contributed by atoms with E-state index >= 15 is 0 Å². The van der Waals surface area contributed by atoms with Gasteiger partial charge in [-0.2, -0.15) is 0 Å². The smallest absolute Gasteiger partial charge is 0.137 e. The number of hydrogen-bond donors (Lipinski definition) is 0. The SMILES string of the molecule is [2H]c1c([2H])c([2H])c(-c2cccc(-c3cc(C(C)(C)C)cc(C(C)(C)C)c3)c2N2CN(c3cccc(Oc4ccc5c6ccccc6n(-c6cc(C(C)(C)C)ccn6)c5c4)c3)c3ccccc32)c([2H])c1[2H]. The minimum atomic E-state index is -0.422. The summed E-state index contributed by atoms with van der Waals surface area (Å²) in [6, 6.07) is 46.3. The van der Waals surface area contributed by atoms with E-state index in [2.05, 4.69) is 174 Å². The summed E-state index contributed by atoms with van der Waals surface area (Å²) in [6.07, 6.45) is 1.89. The molecule has 9 aromatic rings. The predicted molar refractivity (Wildman–Crippen MR) is 274 cm³/mol. The molecule has 0 amide bonds. The number of anilines is 4. The van der Waals surface area contributed by atoms with Crippen molar-refractivity contribution in [3.63, 3.8) is 0 Å². The van der Waals surface area contributed by atoms with Gasteiger partial charge in [0.05, 0.1) is 34.9 Å². The fraction of sp³-hybridized carbons (Fsp3) is 0.217. The van der Waals surface area contributed by atoms with Crippen molar-refractivity contribution in [3.05, 3.63) is 193 Å². The van der Waals surface area contributed by atoms with Crippen LogP contribution < -0.4 is 14.5 Å². The summed E-state index contributed by atoms with van der Waals surface area (Å²) in [7, 11) is 0. The Bertz CT molecular complexity index is 3480. The van der Waals surface area contributed by atoms with E-state index in [1.807, 2.05) is 48.7 Å². The molecule has 0 radical (unpaired) electrons. The second-order valence-electron chi connectivity index (χ2n) is 20.3. The van der Waals surface area contributed by atoms with Crippen molar-refractivity contribution in [3.8, 4) is 39.6 Å². The summed E-state index contributed by atoms with van der Waals surface area (Å²) >= 11 is 0. The molecule has 5 nitrogen and oxygen atoms in total. The molecule has 5 heteroatoms. The van der Waals surface area contributed by atoms with Gasteiger partial charge in [-0.3, -0.25) is 4.57 Å². The molecule has 0 saturated heterocycles. The highest BCUT2D eigenvalue weighted by molar-refractivity contribution is 6.09. The topological polar surface area (TPSA) is 33.5 Å². The Morgan fingerprint density at radius 2 is 1.12 bits per heavy atom. The fourth-order valence-electron chi connectivity index (χ4n) is 9.05. The molecule has 65 heavy (non-hydrogen) atoms. The molecule has 2 aromatic heterocycles. The molecule has 1 aliphatic heterocycles. The van der Waals surface area contributed by atoms with E-state index in [4.69, 9.17) is 13.8 Å². The van der Waals surface area contributed by atoms with E-state index < -0.39 is 6.04 Å². The maximum atomic E-state index is 9.22. The third-order valence-electron chi connectivity index (χ3n) is 12.6. The Labute approximate surface area is 391 Å². The van der Waals surface area contributed by atoms with Crippen LogP contribution in [-0.2, 0) is 16.2 Å². The molecule has 3 heterocycles. The molecule has 0 unspecified atom stereocenters. The number of rotatable bonds is 7. The number of ether oxygens (including phenoxy) is 1. The number of para-hydroxylation sites is 4. The van der Waals surface area contributed by atoms with Gasteiger partial charge in [-0.25, -0.2) is 4.98 Å². The zero-order chi connectivity index (χ0) is 49.6. The molecule has 324 valence electrons. The zero-order valence-electron chi connectivity index (χ0n) is 43.8. The van der Waals surface area contributed by atoms with Crippen LogP contribution in [-0.4, -0.2) is 16.2 Å². The van der Waals surface area contributed by atoms with Crippen LogP contribution in [0.4, 0.5) is 22.7 Å². The average Bonchev–Trinajstić information content (AvgIpc) is 3.88. The van der Waals surface area contributed by atoms with Gasteiger partial charge in [0.25, 0.3) is 0 Å². The monoisotopic (exact) mass is 855 g/mol. The van der Waals surface area contributed by atoms with Crippen molar-refractivity contribution < 1.29 is 11.6 Å². The highest BCUT2D eigenvalue weighted by Crippen LogP contribution is 2.51. The minimum Gasteiger partial charge on any atom is -0.457 e. The minimum absolute atomic E-state index is 0.0488. The standard InChI is InChI=1S/C60H58N4O/c1-58(2,3)42-31-32-61-56(36-42)64-52-26-14-13-23-50(52)51-30-29-47(38-55(51)64)65-46-22-17-21-45(37-46)62-39-63(54-28-16-15-27-53(54)62)57-48(40-19-11-10-12-20-40)24-18-25-49(57)41-33-43(59(4,5)6)35-44(34-41)60(7,8)9/h10-38H,39H2,1-9H3/i10D,11D,12D,19D,20D. The van der Waals surface area contributed by atoms with Crippen LogP contribution in [0.15, 0.2) is 176 Å². The fourth-order valence-corrected chi connectivity index (χ4v) is 9.05. The van der Waals surface area contributed by atoms with Gasteiger partial charge in [0.1, 0.15) is 24.0 Å². The number of benzene rings is 7. The largest absolute Gasteiger partial charge is 0.457 e. The summed E-state index contributed by atoms with van der Waals surface area (Å²) in [5.41, 5.74) is 11.4. The quantitative estimate of drug-likeness (QED) is 0.160. The Hall–Kier alpha value is -7.11. The first-order valence-corrected chi connectivity index (χ1v) is 22.5. The van der Waals surface area contributed by atoms with E-state index in [1.54, 1.807) is 0 Å². The van der Waals surface area contributed by atoms with Gasteiger partial charge in [-0.05, 0) is 98.7 Å². The van der Waals surface area contributed by atoms with Gasteiger partial charge >= 0.3 is 0 Å². The predicted octanol–water partition coefficient (Wildman–Crippen LogP) is 16.4. The van der Waals surface area contributed by atoms with Crippen molar-refractivity contribution in [2.75, 3.05) is 16.5 Å². The Morgan fingerprint density at radius 3 is 1.83 bits per heavy atom. The lowest BCUT2D eigenvalue weighted by Gasteiger charge is -2.29. The third-order valence-corrected chi connectivity index (χ3v) is 12.6. The molecular weight excluding hydrogens is 793 g/mol.